The minimum atomic E-state index is -0.521. The largest absolute Gasteiger partial charge is 0.444 e. The third-order valence-corrected chi connectivity index (χ3v) is 3.61. The van der Waals surface area contributed by atoms with E-state index in [-0.39, 0.29) is 18.0 Å². The molecule has 110 valence electrons. The first-order valence-electron chi connectivity index (χ1n) is 6.72. The molecule has 1 aromatic carbocycles. The molecule has 3 nitrogen and oxygen atoms in total. The number of carbonyl (C=O) groups excluding carboxylic acids is 1. The standard InChI is InChI=1S/C15H19BrFNO2/c1-15(2,3)20-14(19)18-6-4-5-13(18)10-7-11(16)9-12(17)8-10/h7-9,13H,4-6H2,1-3H3/t13-/m1/s1. The van der Waals surface area contributed by atoms with Crippen LogP contribution in [0.5, 0.6) is 0 Å². The molecule has 1 aliphatic heterocycles. The number of amides is 1. The number of nitrogens with zero attached hydrogens (tertiary/aromatic N) is 1. The SMILES string of the molecule is CC(C)(C)OC(=O)N1CCC[C@@H]1c1cc(F)cc(Br)c1. The Bertz CT molecular complexity index is 493. The smallest absolute Gasteiger partial charge is 0.410 e. The fourth-order valence-corrected chi connectivity index (χ4v) is 2.90. The predicted octanol–water partition coefficient (Wildman–Crippen LogP) is 4.66. The van der Waals surface area contributed by atoms with Crippen molar-refractivity contribution in [1.29, 1.82) is 0 Å². The van der Waals surface area contributed by atoms with Crippen LogP contribution < -0.4 is 0 Å². The second-order valence-corrected chi connectivity index (χ2v) is 6.95. The Labute approximate surface area is 127 Å². The highest BCUT2D eigenvalue weighted by molar-refractivity contribution is 9.10. The van der Waals surface area contributed by atoms with Gasteiger partial charge in [0.2, 0.25) is 0 Å². The maximum Gasteiger partial charge on any atom is 0.410 e. The fourth-order valence-electron chi connectivity index (χ4n) is 2.42. The zero-order valence-electron chi connectivity index (χ0n) is 12.0. The van der Waals surface area contributed by atoms with Gasteiger partial charge in [-0.05, 0) is 57.4 Å². The summed E-state index contributed by atoms with van der Waals surface area (Å²) < 4.78 is 19.6. The minimum Gasteiger partial charge on any atom is -0.444 e. The Kier molecular flexibility index (Phi) is 4.37. The first-order valence-corrected chi connectivity index (χ1v) is 7.51. The van der Waals surface area contributed by atoms with E-state index in [0.717, 1.165) is 18.4 Å². The lowest BCUT2D eigenvalue weighted by Gasteiger charge is -2.29. The monoisotopic (exact) mass is 343 g/mol. The number of ether oxygens (including phenoxy) is 1. The Morgan fingerprint density at radius 2 is 2.10 bits per heavy atom. The van der Waals surface area contributed by atoms with Gasteiger partial charge in [0.15, 0.2) is 0 Å². The Hall–Kier alpha value is -1.10. The summed E-state index contributed by atoms with van der Waals surface area (Å²) in [6.07, 6.45) is 1.40. The Morgan fingerprint density at radius 3 is 2.70 bits per heavy atom. The molecule has 1 fully saturated rings. The number of rotatable bonds is 1. The lowest BCUT2D eigenvalue weighted by molar-refractivity contribution is 0.0224. The van der Waals surface area contributed by atoms with E-state index in [1.165, 1.54) is 12.1 Å². The third-order valence-electron chi connectivity index (χ3n) is 3.15. The molecule has 2 rings (SSSR count). The van der Waals surface area contributed by atoms with E-state index in [2.05, 4.69) is 15.9 Å². The van der Waals surface area contributed by atoms with Gasteiger partial charge in [-0.25, -0.2) is 9.18 Å². The Morgan fingerprint density at radius 1 is 1.40 bits per heavy atom. The van der Waals surface area contributed by atoms with Crippen LogP contribution in [0, 0.1) is 5.82 Å². The van der Waals surface area contributed by atoms with Crippen molar-refractivity contribution in [3.8, 4) is 0 Å². The molecule has 0 N–H and O–H groups in total. The molecule has 0 unspecified atom stereocenters. The molecular formula is C15H19BrFNO2. The van der Waals surface area contributed by atoms with Gasteiger partial charge in [-0.2, -0.15) is 0 Å². The molecule has 20 heavy (non-hydrogen) atoms. The average Bonchev–Trinajstić information content (AvgIpc) is 2.73. The molecule has 1 amide bonds. The molecule has 0 bridgehead atoms. The second kappa shape index (κ2) is 5.72. The highest BCUT2D eigenvalue weighted by Gasteiger charge is 2.33. The number of hydrogen-bond acceptors (Lipinski definition) is 2. The van der Waals surface area contributed by atoms with Crippen LogP contribution in [0.1, 0.15) is 45.2 Å². The van der Waals surface area contributed by atoms with Gasteiger partial charge in [-0.3, -0.25) is 0 Å². The molecule has 1 saturated heterocycles. The number of benzene rings is 1. The van der Waals surface area contributed by atoms with E-state index in [0.29, 0.717) is 11.0 Å². The molecule has 0 radical (unpaired) electrons. The quantitative estimate of drug-likeness (QED) is 0.742. The van der Waals surface area contributed by atoms with Gasteiger partial charge in [0.05, 0.1) is 6.04 Å². The zero-order chi connectivity index (χ0) is 14.9. The maximum absolute atomic E-state index is 13.5. The third kappa shape index (κ3) is 3.72. The summed E-state index contributed by atoms with van der Waals surface area (Å²) in [6.45, 7) is 6.17. The zero-order valence-corrected chi connectivity index (χ0v) is 13.5. The highest BCUT2D eigenvalue weighted by atomic mass is 79.9. The van der Waals surface area contributed by atoms with Crippen molar-refractivity contribution >= 4 is 22.0 Å². The van der Waals surface area contributed by atoms with Gasteiger partial charge in [0, 0.05) is 11.0 Å². The number of carbonyl (C=O) groups is 1. The summed E-state index contributed by atoms with van der Waals surface area (Å²) in [4.78, 5) is 13.9. The van der Waals surface area contributed by atoms with Crippen molar-refractivity contribution in [3.05, 3.63) is 34.1 Å². The van der Waals surface area contributed by atoms with Crippen molar-refractivity contribution < 1.29 is 13.9 Å². The summed E-state index contributed by atoms with van der Waals surface area (Å²) in [5.41, 5.74) is 0.285. The molecule has 1 aliphatic rings. The van der Waals surface area contributed by atoms with Crippen molar-refractivity contribution in [2.45, 2.75) is 45.3 Å². The van der Waals surface area contributed by atoms with E-state index in [9.17, 15) is 9.18 Å². The summed E-state index contributed by atoms with van der Waals surface area (Å²) in [7, 11) is 0. The molecule has 0 aromatic heterocycles. The summed E-state index contributed by atoms with van der Waals surface area (Å²) in [6, 6.07) is 4.64. The summed E-state index contributed by atoms with van der Waals surface area (Å²) >= 11 is 3.29. The lowest BCUT2D eigenvalue weighted by atomic mass is 10.0. The van der Waals surface area contributed by atoms with Crippen LogP contribution in [-0.4, -0.2) is 23.1 Å². The number of hydrogen-bond donors (Lipinski definition) is 0. The van der Waals surface area contributed by atoms with Gasteiger partial charge in [-0.1, -0.05) is 15.9 Å². The minimum absolute atomic E-state index is 0.114. The van der Waals surface area contributed by atoms with Crippen molar-refractivity contribution in [2.24, 2.45) is 0 Å². The van der Waals surface area contributed by atoms with E-state index >= 15 is 0 Å². The van der Waals surface area contributed by atoms with Crippen LogP contribution in [-0.2, 0) is 4.74 Å². The van der Waals surface area contributed by atoms with Crippen LogP contribution in [0.15, 0.2) is 22.7 Å². The first kappa shape index (κ1) is 15.3. The van der Waals surface area contributed by atoms with E-state index in [4.69, 9.17) is 4.74 Å². The molecule has 0 saturated carbocycles. The van der Waals surface area contributed by atoms with E-state index < -0.39 is 5.60 Å². The molecule has 1 heterocycles. The highest BCUT2D eigenvalue weighted by Crippen LogP contribution is 2.34. The topological polar surface area (TPSA) is 29.5 Å². The molecule has 1 aromatic rings. The summed E-state index contributed by atoms with van der Waals surface area (Å²) in [5, 5.41) is 0. The molecule has 0 spiro atoms. The number of likely N-dealkylation sites (tertiary alicyclic amines) is 1. The van der Waals surface area contributed by atoms with Crippen LogP contribution in [0.2, 0.25) is 0 Å². The predicted molar refractivity (Wildman–Crippen MR) is 79.0 cm³/mol. The molecule has 5 heteroatoms. The number of halogens is 2. The van der Waals surface area contributed by atoms with Gasteiger partial charge < -0.3 is 9.64 Å². The van der Waals surface area contributed by atoms with Crippen LogP contribution in [0.4, 0.5) is 9.18 Å². The van der Waals surface area contributed by atoms with Crippen molar-refractivity contribution in [1.82, 2.24) is 4.90 Å². The lowest BCUT2D eigenvalue weighted by Crippen LogP contribution is -2.36. The van der Waals surface area contributed by atoms with Gasteiger partial charge in [0.1, 0.15) is 11.4 Å². The van der Waals surface area contributed by atoms with Gasteiger partial charge >= 0.3 is 6.09 Å². The summed E-state index contributed by atoms with van der Waals surface area (Å²) in [5.74, 6) is -0.301. The molecule has 0 aliphatic carbocycles. The van der Waals surface area contributed by atoms with E-state index in [1.54, 1.807) is 4.90 Å². The van der Waals surface area contributed by atoms with Crippen molar-refractivity contribution in [3.63, 3.8) is 0 Å². The second-order valence-electron chi connectivity index (χ2n) is 6.03. The fraction of sp³-hybridized carbons (Fsp3) is 0.533. The van der Waals surface area contributed by atoms with Gasteiger partial charge in [0.25, 0.3) is 0 Å². The van der Waals surface area contributed by atoms with E-state index in [1.807, 2.05) is 26.8 Å². The van der Waals surface area contributed by atoms with Crippen LogP contribution in [0.25, 0.3) is 0 Å². The van der Waals surface area contributed by atoms with Crippen LogP contribution >= 0.6 is 15.9 Å². The normalized spacial score (nSPS) is 19.2. The van der Waals surface area contributed by atoms with Crippen LogP contribution in [0.3, 0.4) is 0 Å². The maximum atomic E-state index is 13.5. The Balaban J connectivity index is 2.20. The average molecular weight is 344 g/mol. The molecule has 1 atom stereocenters. The van der Waals surface area contributed by atoms with Crippen molar-refractivity contribution in [2.75, 3.05) is 6.54 Å². The first-order chi connectivity index (χ1) is 9.26. The molecular weight excluding hydrogens is 325 g/mol. The van der Waals surface area contributed by atoms with Gasteiger partial charge in [-0.15, -0.1) is 0 Å².